The fraction of sp³-hybridized carbons (Fsp3) is 0.846. The van der Waals surface area contributed by atoms with Crippen LogP contribution in [0.15, 0.2) is 0 Å². The zero-order chi connectivity index (χ0) is 14.5. The Morgan fingerprint density at radius 3 is 2.60 bits per heavy atom. The van der Waals surface area contributed by atoms with E-state index in [0.29, 0.717) is 32.6 Å². The van der Waals surface area contributed by atoms with Gasteiger partial charge < -0.3 is 15.3 Å². The van der Waals surface area contributed by atoms with Crippen LogP contribution in [0.3, 0.4) is 0 Å². The fourth-order valence-corrected chi connectivity index (χ4v) is 3.55. The van der Waals surface area contributed by atoms with Crippen LogP contribution in [0.5, 0.6) is 0 Å². The number of nitrogens with zero attached hydrogens (tertiary/aromatic N) is 2. The van der Waals surface area contributed by atoms with Crippen molar-refractivity contribution >= 4 is 23.6 Å². The molecule has 0 aromatic heterocycles. The molecule has 2 heterocycles. The van der Waals surface area contributed by atoms with Gasteiger partial charge in [0.1, 0.15) is 6.04 Å². The topological polar surface area (TPSA) is 72.9 Å². The number of hydrogen-bond donors (Lipinski definition) is 2. The Morgan fingerprint density at radius 2 is 2.05 bits per heavy atom. The zero-order valence-electron chi connectivity index (χ0n) is 11.9. The number of nitrogens with one attached hydrogen (secondary N) is 1. The van der Waals surface area contributed by atoms with Crippen molar-refractivity contribution in [2.45, 2.75) is 25.4 Å². The molecule has 0 saturated carbocycles. The molecule has 0 aliphatic carbocycles. The highest BCUT2D eigenvalue weighted by Crippen LogP contribution is 2.13. The summed E-state index contributed by atoms with van der Waals surface area (Å²) in [5.41, 5.74) is 0. The van der Waals surface area contributed by atoms with Gasteiger partial charge in [0.25, 0.3) is 0 Å². The number of carbonyl (C=O) groups is 2. The van der Waals surface area contributed by atoms with Crippen molar-refractivity contribution in [2.24, 2.45) is 0 Å². The highest BCUT2D eigenvalue weighted by atomic mass is 32.2. The Balaban J connectivity index is 1.75. The quantitative estimate of drug-likeness (QED) is 0.743. The first-order valence-corrected chi connectivity index (χ1v) is 8.29. The summed E-state index contributed by atoms with van der Waals surface area (Å²) < 4.78 is 0. The highest BCUT2D eigenvalue weighted by molar-refractivity contribution is 7.99. The molecule has 0 spiro atoms. The van der Waals surface area contributed by atoms with Crippen molar-refractivity contribution in [1.82, 2.24) is 15.1 Å². The van der Waals surface area contributed by atoms with Gasteiger partial charge in [-0.25, -0.2) is 0 Å². The maximum atomic E-state index is 12.2. The Kier molecular flexibility index (Phi) is 5.68. The van der Waals surface area contributed by atoms with Crippen LogP contribution in [0.4, 0.5) is 0 Å². The maximum Gasteiger partial charge on any atom is 0.320 e. The first-order valence-electron chi connectivity index (χ1n) is 7.13. The Labute approximate surface area is 123 Å². The lowest BCUT2D eigenvalue weighted by Gasteiger charge is -2.37. The molecule has 6 nitrogen and oxygen atoms in total. The second kappa shape index (κ2) is 7.28. The number of aliphatic carboxylic acids is 1. The van der Waals surface area contributed by atoms with E-state index >= 15 is 0 Å². The average molecular weight is 301 g/mol. The number of hydrogen-bond acceptors (Lipinski definition) is 5. The number of amides is 1. The van der Waals surface area contributed by atoms with Gasteiger partial charge in [0.05, 0.1) is 0 Å². The Morgan fingerprint density at radius 1 is 1.35 bits per heavy atom. The van der Waals surface area contributed by atoms with E-state index in [0.717, 1.165) is 18.1 Å². The van der Waals surface area contributed by atoms with Crippen LogP contribution in [0.1, 0.15) is 13.3 Å². The van der Waals surface area contributed by atoms with Crippen LogP contribution >= 0.6 is 11.8 Å². The molecule has 2 aliphatic rings. The lowest BCUT2D eigenvalue weighted by atomic mass is 10.1. The Bertz CT molecular complexity index is 353. The van der Waals surface area contributed by atoms with Crippen LogP contribution in [-0.2, 0) is 9.59 Å². The summed E-state index contributed by atoms with van der Waals surface area (Å²) in [5.74, 6) is 1.51. The number of carboxylic acids is 1. The van der Waals surface area contributed by atoms with Crippen molar-refractivity contribution in [1.29, 1.82) is 0 Å². The average Bonchev–Trinajstić information content (AvgIpc) is 2.47. The van der Waals surface area contributed by atoms with E-state index in [2.05, 4.69) is 5.32 Å². The van der Waals surface area contributed by atoms with E-state index in [1.165, 1.54) is 0 Å². The van der Waals surface area contributed by atoms with Crippen LogP contribution in [0.2, 0.25) is 0 Å². The molecular formula is C13H23N3O3S. The Hall–Kier alpha value is -0.790. The normalized spacial score (nSPS) is 26.2. The third kappa shape index (κ3) is 4.10. The molecule has 2 atom stereocenters. The lowest BCUT2D eigenvalue weighted by molar-refractivity contribution is -0.144. The number of piperazine rings is 1. The molecule has 2 fully saturated rings. The first kappa shape index (κ1) is 15.6. The largest absolute Gasteiger partial charge is 0.480 e. The van der Waals surface area contributed by atoms with E-state index < -0.39 is 12.0 Å². The molecule has 7 heteroatoms. The number of carboxylic acid groups (broad SMARTS) is 1. The predicted molar refractivity (Wildman–Crippen MR) is 79.0 cm³/mol. The summed E-state index contributed by atoms with van der Waals surface area (Å²) in [6, 6.07) is -0.180. The minimum absolute atomic E-state index is 0.188. The predicted octanol–water partition coefficient (Wildman–Crippen LogP) is -0.301. The van der Waals surface area contributed by atoms with Crippen LogP contribution < -0.4 is 5.32 Å². The number of rotatable bonds is 4. The summed E-state index contributed by atoms with van der Waals surface area (Å²) in [5, 5.41) is 12.4. The van der Waals surface area contributed by atoms with Crippen LogP contribution in [0, 0.1) is 0 Å². The highest BCUT2D eigenvalue weighted by Gasteiger charge is 2.28. The van der Waals surface area contributed by atoms with Gasteiger partial charge in [-0.15, -0.1) is 0 Å². The minimum Gasteiger partial charge on any atom is -0.480 e. The summed E-state index contributed by atoms with van der Waals surface area (Å²) >= 11 is 1.89. The summed E-state index contributed by atoms with van der Waals surface area (Å²) in [6.07, 6.45) is 0.557. The van der Waals surface area contributed by atoms with Gasteiger partial charge in [0, 0.05) is 56.7 Å². The third-order valence-corrected chi connectivity index (χ3v) is 5.12. The van der Waals surface area contributed by atoms with Gasteiger partial charge in [-0.1, -0.05) is 0 Å². The molecule has 2 unspecified atom stereocenters. The van der Waals surface area contributed by atoms with Gasteiger partial charge in [-0.3, -0.25) is 14.5 Å². The number of thioether (sulfide) groups is 1. The van der Waals surface area contributed by atoms with Crippen LogP contribution in [-0.4, -0.2) is 83.1 Å². The van der Waals surface area contributed by atoms with Gasteiger partial charge in [-0.2, -0.15) is 11.8 Å². The van der Waals surface area contributed by atoms with E-state index in [1.807, 2.05) is 21.6 Å². The van der Waals surface area contributed by atoms with Crippen molar-refractivity contribution < 1.29 is 14.7 Å². The standard InChI is InChI=1S/C13H23N3O3S/c1-10(13(18)19)15-3-5-16(6-4-15)12(17)8-11-9-20-7-2-14-11/h10-11,14H,2-9H2,1H3,(H,18,19). The summed E-state index contributed by atoms with van der Waals surface area (Å²) in [4.78, 5) is 26.9. The molecular weight excluding hydrogens is 278 g/mol. The zero-order valence-corrected chi connectivity index (χ0v) is 12.7. The molecule has 0 aromatic rings. The molecule has 2 rings (SSSR count). The SMILES string of the molecule is CC(C(=O)O)N1CCN(C(=O)CC2CSCCN2)CC1. The van der Waals surface area contributed by atoms with Gasteiger partial charge in [0.15, 0.2) is 0 Å². The monoisotopic (exact) mass is 301 g/mol. The second-order valence-corrected chi connectivity index (χ2v) is 6.51. The van der Waals surface area contributed by atoms with Crippen LogP contribution in [0.25, 0.3) is 0 Å². The molecule has 0 radical (unpaired) electrons. The molecule has 0 bridgehead atoms. The summed E-state index contributed by atoms with van der Waals surface area (Å²) in [6.45, 7) is 5.24. The van der Waals surface area contributed by atoms with E-state index in [9.17, 15) is 9.59 Å². The van der Waals surface area contributed by atoms with E-state index in [1.54, 1.807) is 6.92 Å². The maximum absolute atomic E-state index is 12.2. The molecule has 2 N–H and O–H groups in total. The van der Waals surface area contributed by atoms with Crippen molar-refractivity contribution in [3.63, 3.8) is 0 Å². The van der Waals surface area contributed by atoms with Gasteiger partial charge >= 0.3 is 5.97 Å². The van der Waals surface area contributed by atoms with Crippen molar-refractivity contribution in [3.8, 4) is 0 Å². The first-order chi connectivity index (χ1) is 9.58. The minimum atomic E-state index is -0.798. The number of carbonyl (C=O) groups excluding carboxylic acids is 1. The van der Waals surface area contributed by atoms with E-state index in [4.69, 9.17) is 5.11 Å². The fourth-order valence-electron chi connectivity index (χ4n) is 2.61. The van der Waals surface area contributed by atoms with E-state index in [-0.39, 0.29) is 11.9 Å². The van der Waals surface area contributed by atoms with Gasteiger partial charge in [0.2, 0.25) is 5.91 Å². The summed E-state index contributed by atoms with van der Waals surface area (Å²) in [7, 11) is 0. The molecule has 2 aliphatic heterocycles. The molecule has 114 valence electrons. The van der Waals surface area contributed by atoms with Crippen molar-refractivity contribution in [3.05, 3.63) is 0 Å². The second-order valence-electron chi connectivity index (χ2n) is 5.36. The molecule has 20 heavy (non-hydrogen) atoms. The lowest BCUT2D eigenvalue weighted by Crippen LogP contribution is -2.54. The molecule has 2 saturated heterocycles. The molecule has 1 amide bonds. The molecule has 0 aromatic carbocycles. The smallest absolute Gasteiger partial charge is 0.320 e. The third-order valence-electron chi connectivity index (χ3n) is 3.99. The van der Waals surface area contributed by atoms with Crippen molar-refractivity contribution in [2.75, 3.05) is 44.2 Å². The van der Waals surface area contributed by atoms with Gasteiger partial charge in [-0.05, 0) is 6.92 Å².